The quantitative estimate of drug-likeness (QED) is 0.528. The van der Waals surface area contributed by atoms with Gasteiger partial charge in [0.25, 0.3) is 5.91 Å². The molecular weight excluding hydrogens is 406 g/mol. The van der Waals surface area contributed by atoms with Crippen LogP contribution in [0, 0.1) is 13.8 Å². The summed E-state index contributed by atoms with van der Waals surface area (Å²) < 4.78 is 8.61. The lowest BCUT2D eigenvalue weighted by molar-refractivity contribution is 0.102. The van der Waals surface area contributed by atoms with Crippen molar-refractivity contribution in [3.05, 3.63) is 70.8 Å². The first-order chi connectivity index (χ1) is 14.5. The largest absolute Gasteiger partial charge is 0.494 e. The maximum absolute atomic E-state index is 12.9. The molecular formula is C20H18ClN7O2. The highest BCUT2D eigenvalue weighted by molar-refractivity contribution is 6.30. The monoisotopic (exact) mass is 423 g/mol. The van der Waals surface area contributed by atoms with Crippen LogP contribution in [0.3, 0.4) is 0 Å². The average molecular weight is 424 g/mol. The van der Waals surface area contributed by atoms with Gasteiger partial charge < -0.3 is 10.1 Å². The summed E-state index contributed by atoms with van der Waals surface area (Å²) >= 11 is 6.07. The number of aryl methyl sites for hydroxylation is 1. The number of amides is 1. The summed E-state index contributed by atoms with van der Waals surface area (Å²) in [6.45, 7) is 3.60. The first-order valence-electron chi connectivity index (χ1n) is 9.03. The van der Waals surface area contributed by atoms with E-state index in [1.54, 1.807) is 49.0 Å². The highest BCUT2D eigenvalue weighted by Crippen LogP contribution is 2.27. The fourth-order valence-corrected chi connectivity index (χ4v) is 3.27. The molecule has 0 bridgehead atoms. The first kappa shape index (κ1) is 19.6. The van der Waals surface area contributed by atoms with E-state index < -0.39 is 0 Å². The van der Waals surface area contributed by atoms with E-state index in [0.29, 0.717) is 39.2 Å². The predicted molar refractivity (Wildman–Crippen MR) is 112 cm³/mol. The molecule has 4 aromatic rings. The van der Waals surface area contributed by atoms with Gasteiger partial charge in [-0.05, 0) is 60.7 Å². The molecule has 2 aromatic heterocycles. The first-order valence-corrected chi connectivity index (χ1v) is 9.41. The van der Waals surface area contributed by atoms with Crippen molar-refractivity contribution < 1.29 is 9.53 Å². The molecule has 4 rings (SSSR count). The number of rotatable bonds is 5. The minimum Gasteiger partial charge on any atom is -0.494 e. The van der Waals surface area contributed by atoms with Crippen LogP contribution in [0.15, 0.2) is 48.7 Å². The number of hydrogen-bond donors (Lipinski definition) is 1. The molecule has 2 aromatic carbocycles. The highest BCUT2D eigenvalue weighted by Gasteiger charge is 2.17. The van der Waals surface area contributed by atoms with Crippen LogP contribution in [-0.4, -0.2) is 43.0 Å². The summed E-state index contributed by atoms with van der Waals surface area (Å²) in [6, 6.07) is 12.5. The van der Waals surface area contributed by atoms with Crippen molar-refractivity contribution in [1.29, 1.82) is 0 Å². The number of anilines is 1. The van der Waals surface area contributed by atoms with Gasteiger partial charge in [0.2, 0.25) is 0 Å². The molecule has 1 N–H and O–H groups in total. The third kappa shape index (κ3) is 3.62. The number of methoxy groups -OCH3 is 1. The zero-order valence-corrected chi connectivity index (χ0v) is 17.3. The lowest BCUT2D eigenvalue weighted by Gasteiger charge is -2.12. The summed E-state index contributed by atoms with van der Waals surface area (Å²) in [6.07, 6.45) is 1.53. The third-order valence-electron chi connectivity index (χ3n) is 4.60. The molecule has 0 saturated heterocycles. The van der Waals surface area contributed by atoms with Crippen molar-refractivity contribution in [1.82, 2.24) is 30.0 Å². The number of carbonyl (C=O) groups is 1. The summed E-state index contributed by atoms with van der Waals surface area (Å²) in [5, 5.41) is 19.3. The molecule has 0 atom stereocenters. The minimum atomic E-state index is -0.287. The van der Waals surface area contributed by atoms with Gasteiger partial charge in [-0.1, -0.05) is 17.7 Å². The van der Waals surface area contributed by atoms with Crippen LogP contribution >= 0.6 is 11.6 Å². The number of carbonyl (C=O) groups excluding carboxylic acids is 1. The topological polar surface area (TPSA) is 99.8 Å². The molecule has 2 heterocycles. The number of ether oxygens (including phenoxy) is 1. The van der Waals surface area contributed by atoms with Gasteiger partial charge in [0, 0.05) is 10.7 Å². The van der Waals surface area contributed by atoms with Crippen LogP contribution in [0.2, 0.25) is 5.02 Å². The van der Waals surface area contributed by atoms with Crippen LogP contribution in [-0.2, 0) is 0 Å². The molecule has 1 amide bonds. The van der Waals surface area contributed by atoms with Crippen LogP contribution in [0.25, 0.3) is 11.4 Å². The fraction of sp³-hybridized carbons (Fsp3) is 0.150. The zero-order chi connectivity index (χ0) is 21.3. The molecule has 0 spiro atoms. The molecule has 9 nitrogen and oxygen atoms in total. The molecule has 30 heavy (non-hydrogen) atoms. The van der Waals surface area contributed by atoms with Crippen molar-refractivity contribution >= 4 is 23.2 Å². The Morgan fingerprint density at radius 2 is 1.97 bits per heavy atom. The molecule has 0 unspecified atom stereocenters. The van der Waals surface area contributed by atoms with Crippen molar-refractivity contribution in [2.24, 2.45) is 0 Å². The Kier molecular flexibility index (Phi) is 5.20. The summed E-state index contributed by atoms with van der Waals surface area (Å²) in [7, 11) is 1.56. The maximum Gasteiger partial charge on any atom is 0.259 e. The van der Waals surface area contributed by atoms with E-state index in [0.717, 1.165) is 5.69 Å². The molecule has 0 aliphatic carbocycles. The summed E-state index contributed by atoms with van der Waals surface area (Å²) in [5.41, 5.74) is 3.11. The molecule has 152 valence electrons. The van der Waals surface area contributed by atoms with Gasteiger partial charge in [0.15, 0.2) is 5.82 Å². The molecule has 10 heteroatoms. The summed E-state index contributed by atoms with van der Waals surface area (Å²) in [5.74, 6) is 0.883. The number of hydrogen-bond acceptors (Lipinski definition) is 6. The van der Waals surface area contributed by atoms with Gasteiger partial charge in [0.1, 0.15) is 11.4 Å². The predicted octanol–water partition coefficient (Wildman–Crippen LogP) is 3.38. The van der Waals surface area contributed by atoms with Crippen molar-refractivity contribution in [3.63, 3.8) is 0 Å². The van der Waals surface area contributed by atoms with E-state index in [1.807, 2.05) is 19.1 Å². The minimum absolute atomic E-state index is 0.287. The Labute approximate surface area is 177 Å². The lowest BCUT2D eigenvalue weighted by Crippen LogP contribution is -2.14. The summed E-state index contributed by atoms with van der Waals surface area (Å²) in [4.78, 5) is 12.9. The van der Waals surface area contributed by atoms with Crippen molar-refractivity contribution in [3.8, 4) is 17.1 Å². The smallest absolute Gasteiger partial charge is 0.259 e. The van der Waals surface area contributed by atoms with E-state index in [9.17, 15) is 4.79 Å². The Balaban J connectivity index is 1.63. The zero-order valence-electron chi connectivity index (χ0n) is 16.5. The normalized spacial score (nSPS) is 10.8. The van der Waals surface area contributed by atoms with Gasteiger partial charge >= 0.3 is 0 Å². The molecule has 0 saturated carbocycles. The second-order valence-electron chi connectivity index (χ2n) is 6.51. The van der Waals surface area contributed by atoms with Gasteiger partial charge in [-0.2, -0.15) is 9.78 Å². The Bertz CT molecular complexity index is 1230. The van der Waals surface area contributed by atoms with Crippen LogP contribution in [0.1, 0.15) is 21.9 Å². The van der Waals surface area contributed by atoms with E-state index in [2.05, 4.69) is 25.9 Å². The van der Waals surface area contributed by atoms with E-state index >= 15 is 0 Å². The van der Waals surface area contributed by atoms with Gasteiger partial charge in [-0.25, -0.2) is 4.68 Å². The Morgan fingerprint density at radius 3 is 2.67 bits per heavy atom. The SMILES string of the molecule is COc1ccc(NC(=O)c2cnn(-c3cccc(Cl)c3)c2C)cc1-n1nnnc1C. The molecule has 0 radical (unpaired) electrons. The van der Waals surface area contributed by atoms with Gasteiger partial charge in [0.05, 0.1) is 30.3 Å². The molecule has 0 aliphatic heterocycles. The van der Waals surface area contributed by atoms with Gasteiger partial charge in [-0.15, -0.1) is 5.10 Å². The number of tetrazole rings is 1. The van der Waals surface area contributed by atoms with Crippen LogP contribution in [0.5, 0.6) is 5.75 Å². The second-order valence-corrected chi connectivity index (χ2v) is 6.95. The fourth-order valence-electron chi connectivity index (χ4n) is 3.09. The van der Waals surface area contributed by atoms with Crippen molar-refractivity contribution in [2.75, 3.05) is 12.4 Å². The third-order valence-corrected chi connectivity index (χ3v) is 4.83. The number of benzene rings is 2. The van der Waals surface area contributed by atoms with Crippen LogP contribution < -0.4 is 10.1 Å². The number of nitrogens with zero attached hydrogens (tertiary/aromatic N) is 6. The van der Waals surface area contributed by atoms with Crippen LogP contribution in [0.4, 0.5) is 5.69 Å². The van der Waals surface area contributed by atoms with Gasteiger partial charge in [-0.3, -0.25) is 4.79 Å². The second kappa shape index (κ2) is 7.96. The Morgan fingerprint density at radius 1 is 1.13 bits per heavy atom. The average Bonchev–Trinajstić information content (AvgIpc) is 3.33. The standard InChI is InChI=1S/C20H18ClN7O2/c1-12-17(11-22-27(12)16-6-4-5-14(21)9-16)20(29)23-15-7-8-19(30-3)18(10-15)28-13(2)24-25-26-28/h4-11H,1-3H3,(H,23,29). The molecule has 0 aliphatic rings. The lowest BCUT2D eigenvalue weighted by atomic mass is 10.2. The Hall–Kier alpha value is -3.72. The number of nitrogens with one attached hydrogen (secondary N) is 1. The number of halogens is 1. The number of aromatic nitrogens is 6. The highest BCUT2D eigenvalue weighted by atomic mass is 35.5. The van der Waals surface area contributed by atoms with E-state index in [-0.39, 0.29) is 5.91 Å². The maximum atomic E-state index is 12.9. The molecule has 0 fully saturated rings. The van der Waals surface area contributed by atoms with Crippen molar-refractivity contribution in [2.45, 2.75) is 13.8 Å². The van der Waals surface area contributed by atoms with E-state index in [4.69, 9.17) is 16.3 Å². The van der Waals surface area contributed by atoms with E-state index in [1.165, 1.54) is 10.9 Å².